The van der Waals surface area contributed by atoms with Crippen molar-refractivity contribution in [3.8, 4) is 33.4 Å². The van der Waals surface area contributed by atoms with Crippen LogP contribution in [0.5, 0.6) is 0 Å². The lowest BCUT2D eigenvalue weighted by molar-refractivity contribution is 1.57. The van der Waals surface area contributed by atoms with Gasteiger partial charge in [0.1, 0.15) is 0 Å². The lowest BCUT2D eigenvalue weighted by Gasteiger charge is -2.08. The van der Waals surface area contributed by atoms with Crippen molar-refractivity contribution in [1.82, 2.24) is 0 Å². The Morgan fingerprint density at radius 2 is 0.760 bits per heavy atom. The van der Waals surface area contributed by atoms with E-state index in [2.05, 4.69) is 84.9 Å². The van der Waals surface area contributed by atoms with E-state index in [0.29, 0.717) is 0 Å². The zero-order valence-electron chi connectivity index (χ0n) is 13.7. The summed E-state index contributed by atoms with van der Waals surface area (Å²) in [5.41, 5.74) is 7.28. The molecule has 0 amide bonds. The Bertz CT molecular complexity index is 968. The zero-order valence-corrected chi connectivity index (χ0v) is 14.4. The van der Waals surface area contributed by atoms with E-state index < -0.39 is 0 Å². The first-order valence-corrected chi connectivity index (χ1v) is 8.69. The van der Waals surface area contributed by atoms with E-state index in [1.54, 1.807) is 0 Å². The minimum atomic E-state index is 0.761. The van der Waals surface area contributed by atoms with Crippen LogP contribution in [0.1, 0.15) is 0 Å². The number of hydrogen-bond donors (Lipinski definition) is 0. The lowest BCUT2D eigenvalue weighted by atomic mass is 9.97. The maximum Gasteiger partial charge on any atom is 0.0406 e. The quantitative estimate of drug-likeness (QED) is 0.366. The van der Waals surface area contributed by atoms with Gasteiger partial charge in [0, 0.05) is 5.02 Å². The summed E-state index contributed by atoms with van der Waals surface area (Å²) in [5.74, 6) is 0. The summed E-state index contributed by atoms with van der Waals surface area (Å²) in [6.45, 7) is 0. The molecule has 0 N–H and O–H groups in total. The minimum Gasteiger partial charge on any atom is -0.0843 e. The van der Waals surface area contributed by atoms with Gasteiger partial charge < -0.3 is 0 Å². The van der Waals surface area contributed by atoms with Gasteiger partial charge in [-0.1, -0.05) is 96.5 Å². The van der Waals surface area contributed by atoms with Gasteiger partial charge in [0.15, 0.2) is 0 Å². The van der Waals surface area contributed by atoms with Crippen molar-refractivity contribution in [1.29, 1.82) is 0 Å². The molecule has 4 aromatic carbocycles. The number of halogens is 1. The van der Waals surface area contributed by atoms with Crippen LogP contribution in [-0.2, 0) is 0 Å². The third kappa shape index (κ3) is 3.50. The molecule has 0 atom stereocenters. The van der Waals surface area contributed by atoms with Gasteiger partial charge in [-0.15, -0.1) is 0 Å². The molecule has 0 radical (unpaired) electrons. The van der Waals surface area contributed by atoms with Crippen LogP contribution in [0, 0.1) is 0 Å². The predicted molar refractivity (Wildman–Crippen MR) is 108 cm³/mol. The van der Waals surface area contributed by atoms with Crippen molar-refractivity contribution >= 4 is 11.6 Å². The summed E-state index contributed by atoms with van der Waals surface area (Å²) in [7, 11) is 0. The van der Waals surface area contributed by atoms with Crippen LogP contribution in [-0.4, -0.2) is 0 Å². The van der Waals surface area contributed by atoms with Crippen LogP contribution in [0.15, 0.2) is 103 Å². The molecule has 0 spiro atoms. The molecule has 25 heavy (non-hydrogen) atoms. The summed E-state index contributed by atoms with van der Waals surface area (Å²) in [5, 5.41) is 0.761. The zero-order chi connectivity index (χ0) is 17.1. The second-order valence-corrected chi connectivity index (χ2v) is 6.47. The molecule has 0 aromatic heterocycles. The van der Waals surface area contributed by atoms with E-state index in [0.717, 1.165) is 5.02 Å². The molecule has 0 aliphatic carbocycles. The first-order valence-electron chi connectivity index (χ1n) is 8.31. The molecule has 0 aliphatic heterocycles. The summed E-state index contributed by atoms with van der Waals surface area (Å²) in [6, 6.07) is 35.7. The summed E-state index contributed by atoms with van der Waals surface area (Å²) < 4.78 is 0. The lowest BCUT2D eigenvalue weighted by Crippen LogP contribution is -1.82. The maximum atomic E-state index is 5.99. The Morgan fingerprint density at radius 1 is 0.360 bits per heavy atom. The first-order chi connectivity index (χ1) is 12.3. The third-order valence-electron chi connectivity index (χ3n) is 4.37. The summed E-state index contributed by atoms with van der Waals surface area (Å²) >= 11 is 5.99. The molecule has 4 aromatic rings. The second kappa shape index (κ2) is 6.96. The Hall–Kier alpha value is -2.83. The number of benzene rings is 4. The van der Waals surface area contributed by atoms with Crippen molar-refractivity contribution in [2.75, 3.05) is 0 Å². The highest BCUT2D eigenvalue weighted by molar-refractivity contribution is 6.30. The normalized spacial score (nSPS) is 10.6. The van der Waals surface area contributed by atoms with E-state index in [1.165, 1.54) is 33.4 Å². The van der Waals surface area contributed by atoms with Crippen molar-refractivity contribution in [3.05, 3.63) is 108 Å². The monoisotopic (exact) mass is 340 g/mol. The fourth-order valence-electron chi connectivity index (χ4n) is 3.01. The SMILES string of the molecule is Clc1ccc(-c2cccc(-c3ccc(-c4ccccc4)cc3)c2)cc1. The molecule has 0 heterocycles. The van der Waals surface area contributed by atoms with Crippen LogP contribution in [0.4, 0.5) is 0 Å². The Balaban J connectivity index is 1.66. The largest absolute Gasteiger partial charge is 0.0843 e. The molecule has 120 valence electrons. The standard InChI is InChI=1S/C24H17Cl/c25-24-15-13-21(14-16-24)23-8-4-7-22(17-23)20-11-9-19(10-12-20)18-5-2-1-3-6-18/h1-17H. The van der Waals surface area contributed by atoms with Crippen LogP contribution in [0.2, 0.25) is 5.02 Å². The summed E-state index contributed by atoms with van der Waals surface area (Å²) in [6.07, 6.45) is 0. The Kier molecular flexibility index (Phi) is 4.37. The molecule has 0 aliphatic rings. The molecule has 0 fully saturated rings. The van der Waals surface area contributed by atoms with Gasteiger partial charge >= 0.3 is 0 Å². The minimum absolute atomic E-state index is 0.761. The van der Waals surface area contributed by atoms with Gasteiger partial charge in [0.05, 0.1) is 0 Å². The van der Waals surface area contributed by atoms with Crippen LogP contribution >= 0.6 is 11.6 Å². The Labute approximate surface area is 153 Å². The molecule has 0 bridgehead atoms. The van der Waals surface area contributed by atoms with E-state index in [-0.39, 0.29) is 0 Å². The molecule has 4 rings (SSSR count). The van der Waals surface area contributed by atoms with Gasteiger partial charge in [-0.25, -0.2) is 0 Å². The van der Waals surface area contributed by atoms with Crippen molar-refractivity contribution in [2.45, 2.75) is 0 Å². The molecule has 0 saturated heterocycles. The van der Waals surface area contributed by atoms with E-state index in [4.69, 9.17) is 11.6 Å². The summed E-state index contributed by atoms with van der Waals surface area (Å²) in [4.78, 5) is 0. The van der Waals surface area contributed by atoms with Gasteiger partial charge in [-0.05, 0) is 51.6 Å². The van der Waals surface area contributed by atoms with Crippen LogP contribution in [0.25, 0.3) is 33.4 Å². The maximum absolute atomic E-state index is 5.99. The van der Waals surface area contributed by atoms with E-state index in [1.807, 2.05) is 18.2 Å². The average molecular weight is 341 g/mol. The molecule has 1 heteroatoms. The van der Waals surface area contributed by atoms with Crippen LogP contribution in [0.3, 0.4) is 0 Å². The highest BCUT2D eigenvalue weighted by Crippen LogP contribution is 2.29. The first kappa shape index (κ1) is 15.7. The average Bonchev–Trinajstić information content (AvgIpc) is 2.69. The van der Waals surface area contributed by atoms with Crippen LogP contribution < -0.4 is 0 Å². The third-order valence-corrected chi connectivity index (χ3v) is 4.62. The smallest absolute Gasteiger partial charge is 0.0406 e. The van der Waals surface area contributed by atoms with Crippen molar-refractivity contribution < 1.29 is 0 Å². The van der Waals surface area contributed by atoms with Gasteiger partial charge in [0.2, 0.25) is 0 Å². The molecular formula is C24H17Cl. The molecule has 0 saturated carbocycles. The predicted octanol–water partition coefficient (Wildman–Crippen LogP) is 7.34. The van der Waals surface area contributed by atoms with Crippen molar-refractivity contribution in [3.63, 3.8) is 0 Å². The second-order valence-electron chi connectivity index (χ2n) is 6.03. The topological polar surface area (TPSA) is 0 Å². The fourth-order valence-corrected chi connectivity index (χ4v) is 3.13. The highest BCUT2D eigenvalue weighted by Gasteiger charge is 2.03. The number of hydrogen-bond acceptors (Lipinski definition) is 0. The molecule has 0 unspecified atom stereocenters. The van der Waals surface area contributed by atoms with E-state index in [9.17, 15) is 0 Å². The van der Waals surface area contributed by atoms with Gasteiger partial charge in [-0.3, -0.25) is 0 Å². The fraction of sp³-hybridized carbons (Fsp3) is 0. The highest BCUT2D eigenvalue weighted by atomic mass is 35.5. The number of rotatable bonds is 3. The Morgan fingerprint density at radius 3 is 1.32 bits per heavy atom. The van der Waals surface area contributed by atoms with Gasteiger partial charge in [0.25, 0.3) is 0 Å². The van der Waals surface area contributed by atoms with Crippen molar-refractivity contribution in [2.24, 2.45) is 0 Å². The molecule has 0 nitrogen and oxygen atoms in total. The van der Waals surface area contributed by atoms with E-state index >= 15 is 0 Å². The molecular weight excluding hydrogens is 324 g/mol. The van der Waals surface area contributed by atoms with Gasteiger partial charge in [-0.2, -0.15) is 0 Å².